The molecule has 0 aromatic heterocycles. The molecule has 3 N–H and O–H groups in total. The third-order valence-electron chi connectivity index (χ3n) is 12.1. The number of carbonyl (C=O) groups is 2. The lowest BCUT2D eigenvalue weighted by atomic mass is 10.0. The Morgan fingerprint density at radius 1 is 0.443 bits per heavy atom. The number of allylic oxidation sites excluding steroid dienone is 5. The van der Waals surface area contributed by atoms with E-state index in [0.29, 0.717) is 19.4 Å². The van der Waals surface area contributed by atoms with Crippen molar-refractivity contribution in [2.24, 2.45) is 0 Å². The minimum absolute atomic E-state index is 0.0490. The fourth-order valence-electron chi connectivity index (χ4n) is 7.97. The van der Waals surface area contributed by atoms with Gasteiger partial charge in [0.1, 0.15) is 0 Å². The summed E-state index contributed by atoms with van der Waals surface area (Å²) in [6.07, 6.45) is 61.7. The van der Waals surface area contributed by atoms with E-state index in [-0.39, 0.29) is 18.5 Å². The number of aliphatic hydroxyl groups is 2. The van der Waals surface area contributed by atoms with Gasteiger partial charge in [-0.2, -0.15) is 0 Å². The zero-order valence-corrected chi connectivity index (χ0v) is 40.6. The first kappa shape index (κ1) is 59.1. The van der Waals surface area contributed by atoms with Crippen molar-refractivity contribution in [2.45, 2.75) is 289 Å². The first-order valence-corrected chi connectivity index (χ1v) is 26.8. The molecule has 6 heteroatoms. The Bertz CT molecular complexity index is 993. The number of amides is 1. The molecule has 6 nitrogen and oxygen atoms in total. The van der Waals surface area contributed by atoms with E-state index in [4.69, 9.17) is 4.74 Å². The lowest BCUT2D eigenvalue weighted by Gasteiger charge is -2.19. The average molecular weight is 858 g/mol. The SMILES string of the molecule is CCCC/C=C\CCCCCCCC(=O)OCCCCCC/C=C\CCCC(=O)NC(CO)C(O)/C=C/CCCCCCCCCCCCCCCCCCCCCCCC. The molecule has 1 amide bonds. The van der Waals surface area contributed by atoms with Crippen LogP contribution in [-0.4, -0.2) is 47.4 Å². The molecular weight excluding hydrogens is 755 g/mol. The Kier molecular flexibility index (Phi) is 49.1. The molecule has 2 unspecified atom stereocenters. The fraction of sp³-hybridized carbons (Fsp3) is 0.855. The highest BCUT2D eigenvalue weighted by Crippen LogP contribution is 2.16. The molecule has 0 aliphatic heterocycles. The molecule has 0 radical (unpaired) electrons. The van der Waals surface area contributed by atoms with Gasteiger partial charge in [0.15, 0.2) is 0 Å². The maximum Gasteiger partial charge on any atom is 0.305 e. The number of hydrogen-bond acceptors (Lipinski definition) is 5. The van der Waals surface area contributed by atoms with Gasteiger partial charge in [-0.15, -0.1) is 0 Å². The number of nitrogens with one attached hydrogen (secondary N) is 1. The van der Waals surface area contributed by atoms with Crippen LogP contribution in [0.1, 0.15) is 277 Å². The third kappa shape index (κ3) is 47.4. The van der Waals surface area contributed by atoms with Crippen molar-refractivity contribution < 1.29 is 24.5 Å². The molecule has 0 bridgehead atoms. The lowest BCUT2D eigenvalue weighted by Crippen LogP contribution is -2.45. The van der Waals surface area contributed by atoms with Gasteiger partial charge in [0.25, 0.3) is 0 Å². The predicted molar refractivity (Wildman–Crippen MR) is 264 cm³/mol. The van der Waals surface area contributed by atoms with Gasteiger partial charge in [0.2, 0.25) is 5.91 Å². The standard InChI is InChI=1S/C55H103NO5/c1-3-5-7-9-11-13-15-16-17-18-19-20-21-22-23-24-25-26-27-29-31-35-39-43-47-53(58)52(51-57)56-54(59)48-44-40-36-32-30-34-38-42-46-50-61-55(60)49-45-41-37-33-28-14-12-10-8-6-4-2/h10,12,32,36,43,47,52-53,57-58H,3-9,11,13-31,33-35,37-42,44-46,48-51H2,1-2H3,(H,56,59)/b12-10-,36-32-,47-43+. The second-order valence-electron chi connectivity index (χ2n) is 18.2. The molecule has 0 heterocycles. The zero-order chi connectivity index (χ0) is 44.4. The van der Waals surface area contributed by atoms with E-state index >= 15 is 0 Å². The molecular formula is C55H103NO5. The summed E-state index contributed by atoms with van der Waals surface area (Å²) in [5.74, 6) is -0.177. The number of carbonyl (C=O) groups excluding carboxylic acids is 2. The van der Waals surface area contributed by atoms with Crippen LogP contribution < -0.4 is 5.32 Å². The summed E-state index contributed by atoms with van der Waals surface area (Å²) < 4.78 is 5.41. The number of unbranched alkanes of at least 4 members (excludes halogenated alkanes) is 34. The van der Waals surface area contributed by atoms with Crippen molar-refractivity contribution in [3.8, 4) is 0 Å². The molecule has 0 saturated carbocycles. The van der Waals surface area contributed by atoms with Gasteiger partial charge < -0.3 is 20.3 Å². The molecule has 61 heavy (non-hydrogen) atoms. The molecule has 0 aliphatic carbocycles. The highest BCUT2D eigenvalue weighted by atomic mass is 16.5. The second kappa shape index (κ2) is 50.7. The van der Waals surface area contributed by atoms with Crippen LogP contribution in [-0.2, 0) is 14.3 Å². The van der Waals surface area contributed by atoms with Gasteiger partial charge in [0.05, 0.1) is 25.4 Å². The maximum atomic E-state index is 12.4. The summed E-state index contributed by atoms with van der Waals surface area (Å²) in [7, 11) is 0. The Morgan fingerprint density at radius 2 is 0.803 bits per heavy atom. The number of hydrogen-bond donors (Lipinski definition) is 3. The van der Waals surface area contributed by atoms with E-state index < -0.39 is 12.1 Å². The van der Waals surface area contributed by atoms with Crippen LogP contribution in [0.3, 0.4) is 0 Å². The van der Waals surface area contributed by atoms with E-state index in [0.717, 1.165) is 70.6 Å². The van der Waals surface area contributed by atoms with Gasteiger partial charge in [-0.1, -0.05) is 230 Å². The highest BCUT2D eigenvalue weighted by Gasteiger charge is 2.17. The second-order valence-corrected chi connectivity index (χ2v) is 18.2. The largest absolute Gasteiger partial charge is 0.466 e. The molecule has 0 aliphatic rings. The summed E-state index contributed by atoms with van der Waals surface area (Å²) in [5.41, 5.74) is 0. The summed E-state index contributed by atoms with van der Waals surface area (Å²) >= 11 is 0. The monoisotopic (exact) mass is 858 g/mol. The van der Waals surface area contributed by atoms with Crippen LogP contribution >= 0.6 is 0 Å². The van der Waals surface area contributed by atoms with Crippen molar-refractivity contribution >= 4 is 11.9 Å². The Hall–Kier alpha value is -1.92. The van der Waals surface area contributed by atoms with Gasteiger partial charge in [-0.3, -0.25) is 9.59 Å². The third-order valence-corrected chi connectivity index (χ3v) is 12.1. The molecule has 358 valence electrons. The Balaban J connectivity index is 3.57. The predicted octanol–water partition coefficient (Wildman–Crippen LogP) is 16.1. The first-order chi connectivity index (χ1) is 30.0. The van der Waals surface area contributed by atoms with Crippen molar-refractivity contribution in [3.63, 3.8) is 0 Å². The van der Waals surface area contributed by atoms with Crippen molar-refractivity contribution in [1.29, 1.82) is 0 Å². The number of rotatable bonds is 49. The summed E-state index contributed by atoms with van der Waals surface area (Å²) in [4.78, 5) is 24.4. The van der Waals surface area contributed by atoms with Gasteiger partial charge in [-0.05, 0) is 70.6 Å². The normalized spacial score (nSPS) is 12.9. The topological polar surface area (TPSA) is 95.9 Å². The Morgan fingerprint density at radius 3 is 1.25 bits per heavy atom. The van der Waals surface area contributed by atoms with Crippen LogP contribution in [0.5, 0.6) is 0 Å². The first-order valence-electron chi connectivity index (χ1n) is 26.8. The molecule has 2 atom stereocenters. The van der Waals surface area contributed by atoms with Crippen molar-refractivity contribution in [3.05, 3.63) is 36.5 Å². The van der Waals surface area contributed by atoms with Gasteiger partial charge in [-0.25, -0.2) is 0 Å². The maximum absolute atomic E-state index is 12.4. The molecule has 0 fully saturated rings. The van der Waals surface area contributed by atoms with Crippen LogP contribution in [0.25, 0.3) is 0 Å². The summed E-state index contributed by atoms with van der Waals surface area (Å²) in [5, 5.41) is 23.1. The van der Waals surface area contributed by atoms with Gasteiger partial charge >= 0.3 is 5.97 Å². The minimum Gasteiger partial charge on any atom is -0.466 e. The number of ether oxygens (including phenoxy) is 1. The van der Waals surface area contributed by atoms with Crippen LogP contribution in [0.2, 0.25) is 0 Å². The highest BCUT2D eigenvalue weighted by molar-refractivity contribution is 5.76. The van der Waals surface area contributed by atoms with Crippen LogP contribution in [0, 0.1) is 0 Å². The Labute approximate surface area is 379 Å². The quantitative estimate of drug-likeness (QED) is 0.0322. The molecule has 0 rings (SSSR count). The summed E-state index contributed by atoms with van der Waals surface area (Å²) in [6, 6.07) is -0.667. The zero-order valence-electron chi connectivity index (χ0n) is 40.6. The van der Waals surface area contributed by atoms with E-state index in [9.17, 15) is 19.8 Å². The fourth-order valence-corrected chi connectivity index (χ4v) is 7.97. The van der Waals surface area contributed by atoms with Crippen molar-refractivity contribution in [1.82, 2.24) is 5.32 Å². The minimum atomic E-state index is -0.877. The van der Waals surface area contributed by atoms with E-state index in [2.05, 4.69) is 43.5 Å². The summed E-state index contributed by atoms with van der Waals surface area (Å²) in [6.45, 7) is 4.77. The van der Waals surface area contributed by atoms with E-state index in [1.54, 1.807) is 6.08 Å². The average Bonchev–Trinajstić information content (AvgIpc) is 3.26. The van der Waals surface area contributed by atoms with Crippen molar-refractivity contribution in [2.75, 3.05) is 13.2 Å². The van der Waals surface area contributed by atoms with E-state index in [1.807, 2.05) is 6.08 Å². The lowest BCUT2D eigenvalue weighted by molar-refractivity contribution is -0.143. The molecule has 0 aromatic rings. The number of esters is 1. The van der Waals surface area contributed by atoms with Gasteiger partial charge in [0, 0.05) is 12.8 Å². The van der Waals surface area contributed by atoms with E-state index in [1.165, 1.54) is 180 Å². The number of aliphatic hydroxyl groups excluding tert-OH is 2. The molecule has 0 spiro atoms. The smallest absolute Gasteiger partial charge is 0.305 e. The van der Waals surface area contributed by atoms with Crippen LogP contribution in [0.4, 0.5) is 0 Å². The van der Waals surface area contributed by atoms with Crippen LogP contribution in [0.15, 0.2) is 36.5 Å². The molecule has 0 aromatic carbocycles. The molecule has 0 saturated heterocycles.